The first-order chi connectivity index (χ1) is 8.27. The summed E-state index contributed by atoms with van der Waals surface area (Å²) in [4.78, 5) is 2.37. The van der Waals surface area contributed by atoms with Crippen molar-refractivity contribution in [3.8, 4) is 0 Å². The van der Waals surface area contributed by atoms with Crippen LogP contribution in [0.4, 0.5) is 0 Å². The van der Waals surface area contributed by atoms with Crippen molar-refractivity contribution in [1.29, 1.82) is 0 Å². The third kappa shape index (κ3) is 1.74. The first-order valence-corrected chi connectivity index (χ1v) is 6.21. The Kier molecular flexibility index (Phi) is 2.61. The predicted molar refractivity (Wildman–Crippen MR) is 71.9 cm³/mol. The number of fused-ring (bicyclic) bond motifs is 1. The van der Waals surface area contributed by atoms with E-state index in [2.05, 4.69) is 54.4 Å². The number of hydrogen-bond acceptors (Lipinski definition) is 2. The average molecular weight is 226 g/mol. The van der Waals surface area contributed by atoms with Crippen molar-refractivity contribution in [3.63, 3.8) is 0 Å². The van der Waals surface area contributed by atoms with Crippen molar-refractivity contribution < 1.29 is 0 Å². The second-order valence-electron chi connectivity index (χ2n) is 4.95. The zero-order valence-electron chi connectivity index (χ0n) is 10.1. The Morgan fingerprint density at radius 3 is 2.65 bits per heavy atom. The highest BCUT2D eigenvalue weighted by Crippen LogP contribution is 2.33. The molecule has 1 aliphatic heterocycles. The average Bonchev–Trinajstić information content (AvgIpc) is 2.69. The molecule has 2 nitrogen and oxygen atoms in total. The third-order valence-electron chi connectivity index (χ3n) is 3.84. The van der Waals surface area contributed by atoms with Gasteiger partial charge in [0.25, 0.3) is 0 Å². The Labute approximate surface area is 102 Å². The molecule has 17 heavy (non-hydrogen) atoms. The summed E-state index contributed by atoms with van der Waals surface area (Å²) in [6, 6.07) is 15.7. The Balaban J connectivity index is 2.17. The summed E-state index contributed by atoms with van der Waals surface area (Å²) in [6.07, 6.45) is 1.09. The van der Waals surface area contributed by atoms with Crippen molar-refractivity contribution >= 4 is 10.8 Å². The molecule has 1 fully saturated rings. The highest BCUT2D eigenvalue weighted by atomic mass is 15.2. The van der Waals surface area contributed by atoms with Gasteiger partial charge in [-0.05, 0) is 29.8 Å². The number of hydrogen-bond donors (Lipinski definition) is 1. The fourth-order valence-corrected chi connectivity index (χ4v) is 2.95. The van der Waals surface area contributed by atoms with E-state index in [1.807, 2.05) is 0 Å². The Morgan fingerprint density at radius 1 is 1.12 bits per heavy atom. The largest absolute Gasteiger partial charge is 0.326 e. The molecule has 1 aliphatic rings. The summed E-state index contributed by atoms with van der Waals surface area (Å²) in [7, 11) is 2.17. The molecule has 0 aliphatic carbocycles. The highest BCUT2D eigenvalue weighted by molar-refractivity contribution is 5.86. The molecule has 1 saturated heterocycles. The van der Waals surface area contributed by atoms with Gasteiger partial charge in [0.05, 0.1) is 6.04 Å². The third-order valence-corrected chi connectivity index (χ3v) is 3.84. The fourth-order valence-electron chi connectivity index (χ4n) is 2.95. The van der Waals surface area contributed by atoms with E-state index in [0.717, 1.165) is 13.0 Å². The van der Waals surface area contributed by atoms with Gasteiger partial charge in [-0.2, -0.15) is 0 Å². The van der Waals surface area contributed by atoms with Crippen LogP contribution in [0.5, 0.6) is 0 Å². The molecule has 0 saturated carbocycles. The number of nitrogens with zero attached hydrogens (tertiary/aromatic N) is 1. The van der Waals surface area contributed by atoms with Crippen LogP contribution >= 0.6 is 0 Å². The smallest absolute Gasteiger partial charge is 0.0502 e. The monoisotopic (exact) mass is 226 g/mol. The van der Waals surface area contributed by atoms with Gasteiger partial charge in [-0.1, -0.05) is 42.5 Å². The van der Waals surface area contributed by atoms with Gasteiger partial charge in [0, 0.05) is 12.6 Å². The van der Waals surface area contributed by atoms with Crippen LogP contribution in [-0.4, -0.2) is 24.5 Å². The first-order valence-electron chi connectivity index (χ1n) is 6.21. The molecule has 1 heterocycles. The van der Waals surface area contributed by atoms with Gasteiger partial charge in [-0.15, -0.1) is 0 Å². The van der Waals surface area contributed by atoms with Crippen molar-refractivity contribution in [2.24, 2.45) is 5.73 Å². The van der Waals surface area contributed by atoms with E-state index in [9.17, 15) is 0 Å². The van der Waals surface area contributed by atoms with E-state index < -0.39 is 0 Å². The van der Waals surface area contributed by atoms with Crippen molar-refractivity contribution in [2.75, 3.05) is 13.6 Å². The maximum Gasteiger partial charge on any atom is 0.0502 e. The fraction of sp³-hybridized carbons (Fsp3) is 0.333. The van der Waals surface area contributed by atoms with Gasteiger partial charge < -0.3 is 5.73 Å². The van der Waals surface area contributed by atoms with Crippen LogP contribution in [0, 0.1) is 0 Å². The van der Waals surface area contributed by atoms with Gasteiger partial charge in [0.2, 0.25) is 0 Å². The number of likely N-dealkylation sites (tertiary alicyclic amines) is 1. The lowest BCUT2D eigenvalue weighted by atomic mass is 9.95. The van der Waals surface area contributed by atoms with Crippen LogP contribution < -0.4 is 5.73 Å². The van der Waals surface area contributed by atoms with Crippen LogP contribution in [0.15, 0.2) is 42.5 Å². The van der Waals surface area contributed by atoms with Crippen molar-refractivity contribution in [3.05, 3.63) is 48.0 Å². The Morgan fingerprint density at radius 2 is 1.88 bits per heavy atom. The summed E-state index contributed by atoms with van der Waals surface area (Å²) in [5, 5.41) is 2.64. The molecular formula is C15H18N2. The van der Waals surface area contributed by atoms with Crippen LogP contribution in [0.3, 0.4) is 0 Å². The molecule has 0 amide bonds. The summed E-state index contributed by atoms with van der Waals surface area (Å²) >= 11 is 0. The molecule has 2 aromatic rings. The van der Waals surface area contributed by atoms with E-state index >= 15 is 0 Å². The highest BCUT2D eigenvalue weighted by Gasteiger charge is 2.30. The number of benzene rings is 2. The van der Waals surface area contributed by atoms with Crippen LogP contribution in [0.2, 0.25) is 0 Å². The van der Waals surface area contributed by atoms with Gasteiger partial charge >= 0.3 is 0 Å². The van der Waals surface area contributed by atoms with Crippen molar-refractivity contribution in [2.45, 2.75) is 18.5 Å². The van der Waals surface area contributed by atoms with Gasteiger partial charge in [-0.25, -0.2) is 0 Å². The second-order valence-corrected chi connectivity index (χ2v) is 4.95. The minimum Gasteiger partial charge on any atom is -0.326 e. The molecule has 0 bridgehead atoms. The van der Waals surface area contributed by atoms with E-state index in [-0.39, 0.29) is 6.04 Å². The van der Waals surface area contributed by atoms with Crippen LogP contribution in [0.25, 0.3) is 10.8 Å². The Hall–Kier alpha value is -1.38. The molecule has 2 atom stereocenters. The molecule has 2 heteroatoms. The Bertz CT molecular complexity index is 520. The van der Waals surface area contributed by atoms with Crippen LogP contribution in [0.1, 0.15) is 18.0 Å². The maximum absolute atomic E-state index is 6.25. The molecule has 2 aromatic carbocycles. The molecule has 2 N–H and O–H groups in total. The molecule has 0 spiro atoms. The number of likely N-dealkylation sites (N-methyl/N-ethyl adjacent to an activating group) is 1. The van der Waals surface area contributed by atoms with Crippen molar-refractivity contribution in [1.82, 2.24) is 4.90 Å². The molecule has 0 aromatic heterocycles. The SMILES string of the molecule is CN1CCC(N)C1c1cccc2ccccc12. The van der Waals surface area contributed by atoms with E-state index in [4.69, 9.17) is 5.73 Å². The van der Waals surface area contributed by atoms with E-state index in [1.165, 1.54) is 16.3 Å². The normalized spacial score (nSPS) is 25.5. The lowest BCUT2D eigenvalue weighted by Crippen LogP contribution is -2.29. The van der Waals surface area contributed by atoms with E-state index in [1.54, 1.807) is 0 Å². The molecule has 88 valence electrons. The summed E-state index contributed by atoms with van der Waals surface area (Å²) < 4.78 is 0. The van der Waals surface area contributed by atoms with Gasteiger partial charge in [-0.3, -0.25) is 4.90 Å². The summed E-state index contributed by atoms with van der Waals surface area (Å²) in [6.45, 7) is 1.09. The van der Waals surface area contributed by atoms with Crippen LogP contribution in [-0.2, 0) is 0 Å². The minimum absolute atomic E-state index is 0.255. The standard InChI is InChI=1S/C15H18N2/c1-17-10-9-14(16)15(17)13-8-4-6-11-5-2-3-7-12(11)13/h2-8,14-15H,9-10,16H2,1H3. The van der Waals surface area contributed by atoms with E-state index in [0.29, 0.717) is 6.04 Å². The summed E-state index contributed by atoms with van der Waals surface area (Å²) in [5.41, 5.74) is 7.62. The molecular weight excluding hydrogens is 208 g/mol. The number of rotatable bonds is 1. The van der Waals surface area contributed by atoms with Gasteiger partial charge in [0.1, 0.15) is 0 Å². The zero-order valence-corrected chi connectivity index (χ0v) is 10.1. The lowest BCUT2D eigenvalue weighted by molar-refractivity contribution is 0.306. The lowest BCUT2D eigenvalue weighted by Gasteiger charge is -2.24. The quantitative estimate of drug-likeness (QED) is 0.809. The zero-order chi connectivity index (χ0) is 11.8. The minimum atomic E-state index is 0.255. The first kappa shape index (κ1) is 10.8. The predicted octanol–water partition coefficient (Wildman–Crippen LogP) is 2.54. The molecule has 3 rings (SSSR count). The number of nitrogens with two attached hydrogens (primary N) is 1. The molecule has 0 radical (unpaired) electrons. The molecule has 2 unspecified atom stereocenters. The maximum atomic E-state index is 6.25. The van der Waals surface area contributed by atoms with Gasteiger partial charge in [0.15, 0.2) is 0 Å². The topological polar surface area (TPSA) is 29.3 Å². The second kappa shape index (κ2) is 4.13. The summed E-state index contributed by atoms with van der Waals surface area (Å²) in [5.74, 6) is 0.